The lowest BCUT2D eigenvalue weighted by Gasteiger charge is -2.14. The summed E-state index contributed by atoms with van der Waals surface area (Å²) in [5, 5.41) is 3.23. The molecule has 0 aliphatic heterocycles. The molecule has 1 amide bonds. The molecule has 2 aromatic rings. The van der Waals surface area contributed by atoms with Crippen LogP contribution in [0.5, 0.6) is 5.75 Å². The van der Waals surface area contributed by atoms with Crippen LogP contribution in [0.15, 0.2) is 42.5 Å². The molecule has 154 valence electrons. The minimum Gasteiger partial charge on any atom is -0.496 e. The van der Waals surface area contributed by atoms with E-state index in [0.717, 1.165) is 6.42 Å². The van der Waals surface area contributed by atoms with Gasteiger partial charge < -0.3 is 14.8 Å². The number of hydrogen-bond acceptors (Lipinski definition) is 5. The lowest BCUT2D eigenvalue weighted by molar-refractivity contribution is -0.145. The summed E-state index contributed by atoms with van der Waals surface area (Å²) in [6.07, 6.45) is 0.175. The maximum Gasteiger partial charge on any atom is 0.311 e. The molecular weight excluding hydrogens is 394 g/mol. The van der Waals surface area contributed by atoms with Gasteiger partial charge in [-0.25, -0.2) is 0 Å². The maximum absolute atomic E-state index is 12.5. The fraction of sp³-hybridized carbons (Fsp3) is 0.318. The van der Waals surface area contributed by atoms with Gasteiger partial charge in [-0.15, -0.1) is 0 Å². The number of carbonyl (C=O) groups excluding carboxylic acids is 3. The molecule has 0 aliphatic carbocycles. The third-order valence-corrected chi connectivity index (χ3v) is 4.42. The highest BCUT2D eigenvalue weighted by Gasteiger charge is 2.20. The van der Waals surface area contributed by atoms with Crippen molar-refractivity contribution >= 4 is 34.9 Å². The Morgan fingerprint density at radius 2 is 1.79 bits per heavy atom. The van der Waals surface area contributed by atoms with Crippen LogP contribution in [0, 0.1) is 0 Å². The van der Waals surface area contributed by atoms with Crippen LogP contribution in [-0.2, 0) is 20.7 Å². The minimum atomic E-state index is -0.951. The van der Waals surface area contributed by atoms with Gasteiger partial charge in [0.05, 0.1) is 13.5 Å². The summed E-state index contributed by atoms with van der Waals surface area (Å²) in [4.78, 5) is 36.4. The average molecular weight is 418 g/mol. The van der Waals surface area contributed by atoms with E-state index < -0.39 is 12.1 Å². The maximum atomic E-state index is 12.5. The second-order valence-electron chi connectivity index (χ2n) is 6.50. The number of methoxy groups -OCH3 is 1. The Morgan fingerprint density at radius 1 is 1.10 bits per heavy atom. The summed E-state index contributed by atoms with van der Waals surface area (Å²) < 4.78 is 10.5. The van der Waals surface area contributed by atoms with Gasteiger partial charge in [0.1, 0.15) is 5.75 Å². The van der Waals surface area contributed by atoms with Gasteiger partial charge in [-0.1, -0.05) is 18.5 Å². The summed E-state index contributed by atoms with van der Waals surface area (Å²) >= 11 is 5.97. The number of amides is 1. The normalized spacial score (nSPS) is 11.4. The van der Waals surface area contributed by atoms with Crippen molar-refractivity contribution in [3.63, 3.8) is 0 Å². The molecule has 0 heterocycles. The van der Waals surface area contributed by atoms with Gasteiger partial charge in [-0.3, -0.25) is 14.4 Å². The highest BCUT2D eigenvalue weighted by molar-refractivity contribution is 6.30. The molecule has 6 nitrogen and oxygen atoms in total. The number of ketones is 1. The highest BCUT2D eigenvalue weighted by Crippen LogP contribution is 2.23. The number of hydrogen-bond donors (Lipinski definition) is 1. The predicted octanol–water partition coefficient (Wildman–Crippen LogP) is 4.44. The summed E-state index contributed by atoms with van der Waals surface area (Å²) in [5.74, 6) is -0.450. The minimum absolute atomic E-state index is 0.0657. The Kier molecular flexibility index (Phi) is 8.21. The van der Waals surface area contributed by atoms with E-state index in [-0.39, 0.29) is 18.1 Å². The summed E-state index contributed by atoms with van der Waals surface area (Å²) in [7, 11) is 1.50. The first-order valence-corrected chi connectivity index (χ1v) is 9.67. The fourth-order valence-electron chi connectivity index (χ4n) is 2.74. The van der Waals surface area contributed by atoms with Gasteiger partial charge in [0.2, 0.25) is 11.7 Å². The lowest BCUT2D eigenvalue weighted by atomic mass is 10.1. The lowest BCUT2D eigenvalue weighted by Crippen LogP contribution is -2.25. The van der Waals surface area contributed by atoms with Crippen LogP contribution in [0.1, 0.15) is 42.6 Å². The van der Waals surface area contributed by atoms with Crippen molar-refractivity contribution in [2.24, 2.45) is 0 Å². The number of carbonyl (C=O) groups is 3. The van der Waals surface area contributed by atoms with Crippen molar-refractivity contribution in [3.05, 3.63) is 58.6 Å². The van der Waals surface area contributed by atoms with Crippen LogP contribution in [0.2, 0.25) is 5.02 Å². The Labute approximate surface area is 175 Å². The second-order valence-corrected chi connectivity index (χ2v) is 6.94. The van der Waals surface area contributed by atoms with Crippen LogP contribution in [0.25, 0.3) is 0 Å². The number of benzene rings is 2. The van der Waals surface area contributed by atoms with Gasteiger partial charge in [-0.05, 0) is 55.8 Å². The standard InChI is InChI=1S/C22H24ClNO5/c1-4-5-20(25)24-18-9-6-15(7-10-18)22(27)14(2)29-21(26)13-16-12-17(23)8-11-19(16)28-3/h6-12,14H,4-5,13H2,1-3H3,(H,24,25)/t14-/m1/s1. The molecule has 0 fully saturated rings. The number of rotatable bonds is 9. The second kappa shape index (κ2) is 10.6. The first-order valence-electron chi connectivity index (χ1n) is 9.30. The molecule has 1 N–H and O–H groups in total. The van der Waals surface area contributed by atoms with Crippen molar-refractivity contribution in [2.45, 2.75) is 39.2 Å². The van der Waals surface area contributed by atoms with Gasteiger partial charge in [0.15, 0.2) is 6.10 Å². The molecule has 7 heteroatoms. The molecule has 1 atom stereocenters. The molecule has 29 heavy (non-hydrogen) atoms. The average Bonchev–Trinajstić information content (AvgIpc) is 2.68. The van der Waals surface area contributed by atoms with Gasteiger partial charge in [0, 0.05) is 28.3 Å². The van der Waals surface area contributed by atoms with Crippen LogP contribution in [0.3, 0.4) is 0 Å². The zero-order chi connectivity index (χ0) is 21.4. The zero-order valence-electron chi connectivity index (χ0n) is 16.7. The molecule has 0 aromatic heterocycles. The van der Waals surface area contributed by atoms with Crippen molar-refractivity contribution in [2.75, 3.05) is 12.4 Å². The van der Waals surface area contributed by atoms with E-state index in [0.29, 0.717) is 34.0 Å². The summed E-state index contributed by atoms with van der Waals surface area (Å²) in [6.45, 7) is 3.44. The number of esters is 1. The van der Waals surface area contributed by atoms with E-state index in [1.165, 1.54) is 14.0 Å². The SMILES string of the molecule is CCCC(=O)Nc1ccc(C(=O)[C@@H](C)OC(=O)Cc2cc(Cl)ccc2OC)cc1. The van der Waals surface area contributed by atoms with E-state index in [2.05, 4.69) is 5.32 Å². The Balaban J connectivity index is 1.97. The number of Topliss-reactive ketones (excluding diaryl/α,β-unsaturated/α-hetero) is 1. The molecule has 0 saturated heterocycles. The van der Waals surface area contributed by atoms with Crippen LogP contribution in [-0.4, -0.2) is 30.9 Å². The van der Waals surface area contributed by atoms with Gasteiger partial charge in [-0.2, -0.15) is 0 Å². The number of ether oxygens (including phenoxy) is 2. The molecule has 0 spiro atoms. The Hall–Kier alpha value is -2.86. The van der Waals surface area contributed by atoms with Crippen molar-refractivity contribution in [1.82, 2.24) is 0 Å². The third-order valence-electron chi connectivity index (χ3n) is 4.18. The van der Waals surface area contributed by atoms with Gasteiger partial charge in [0.25, 0.3) is 0 Å². The van der Waals surface area contributed by atoms with E-state index in [1.54, 1.807) is 42.5 Å². The van der Waals surface area contributed by atoms with E-state index in [4.69, 9.17) is 21.1 Å². The van der Waals surface area contributed by atoms with Gasteiger partial charge >= 0.3 is 5.97 Å². The smallest absolute Gasteiger partial charge is 0.311 e. The van der Waals surface area contributed by atoms with Crippen LogP contribution in [0.4, 0.5) is 5.69 Å². The molecule has 0 unspecified atom stereocenters. The zero-order valence-corrected chi connectivity index (χ0v) is 17.4. The molecule has 2 aromatic carbocycles. The Bertz CT molecular complexity index is 879. The molecule has 0 aliphatic rings. The van der Waals surface area contributed by atoms with Crippen molar-refractivity contribution in [1.29, 1.82) is 0 Å². The number of halogens is 1. The summed E-state index contributed by atoms with van der Waals surface area (Å²) in [6, 6.07) is 11.4. The molecule has 0 bridgehead atoms. The number of anilines is 1. The van der Waals surface area contributed by atoms with E-state index >= 15 is 0 Å². The molecule has 2 rings (SSSR count). The highest BCUT2D eigenvalue weighted by atomic mass is 35.5. The van der Waals surface area contributed by atoms with E-state index in [1.807, 2.05) is 6.92 Å². The summed E-state index contributed by atoms with van der Waals surface area (Å²) in [5.41, 5.74) is 1.58. The first kappa shape index (κ1) is 22.4. The van der Waals surface area contributed by atoms with Crippen LogP contribution >= 0.6 is 11.6 Å². The van der Waals surface area contributed by atoms with E-state index in [9.17, 15) is 14.4 Å². The Morgan fingerprint density at radius 3 is 2.41 bits per heavy atom. The molecular formula is C22H24ClNO5. The quantitative estimate of drug-likeness (QED) is 0.481. The number of nitrogens with one attached hydrogen (secondary N) is 1. The van der Waals surface area contributed by atoms with Crippen molar-refractivity contribution < 1.29 is 23.9 Å². The first-order chi connectivity index (χ1) is 13.8. The molecule has 0 radical (unpaired) electrons. The van der Waals surface area contributed by atoms with Crippen molar-refractivity contribution in [3.8, 4) is 5.75 Å². The topological polar surface area (TPSA) is 81.7 Å². The molecule has 0 saturated carbocycles. The largest absolute Gasteiger partial charge is 0.496 e. The predicted molar refractivity (Wildman–Crippen MR) is 112 cm³/mol. The monoisotopic (exact) mass is 417 g/mol. The third kappa shape index (κ3) is 6.61. The fourth-order valence-corrected chi connectivity index (χ4v) is 2.93. The van der Waals surface area contributed by atoms with Crippen LogP contribution < -0.4 is 10.1 Å².